The highest BCUT2D eigenvalue weighted by Crippen LogP contribution is 2.41. The van der Waals surface area contributed by atoms with Crippen LogP contribution < -0.4 is 5.32 Å². The van der Waals surface area contributed by atoms with Crippen LogP contribution in [0, 0.1) is 11.3 Å². The predicted molar refractivity (Wildman–Crippen MR) is 134 cm³/mol. The quantitative estimate of drug-likeness (QED) is 0.591. The molecule has 5 rings (SSSR count). The standard InChI is InChI=1S/C28H34ClN3O2/c29-24-10-6-21(7-11-24)19-32-20-28(18-26(32)33)13-16-31(17-14-28)15-12-25(22-4-2-1-3-5-22)30-27(34)23-8-9-23/h1-7,10-11,23,25H,8-9,12-20H2,(H,30,34)/t25-/m0/s1. The minimum Gasteiger partial charge on any atom is -0.349 e. The number of nitrogens with one attached hydrogen (secondary N) is 1. The van der Waals surface area contributed by atoms with Gasteiger partial charge in [-0.3, -0.25) is 9.59 Å². The van der Waals surface area contributed by atoms with Crippen molar-refractivity contribution >= 4 is 23.4 Å². The van der Waals surface area contributed by atoms with Crippen molar-refractivity contribution in [1.29, 1.82) is 0 Å². The molecule has 2 saturated heterocycles. The van der Waals surface area contributed by atoms with E-state index in [-0.39, 0.29) is 29.2 Å². The summed E-state index contributed by atoms with van der Waals surface area (Å²) in [6.07, 6.45) is 5.74. The minimum absolute atomic E-state index is 0.0631. The first kappa shape index (κ1) is 23.4. The molecule has 1 aliphatic carbocycles. The zero-order chi connectivity index (χ0) is 23.5. The largest absolute Gasteiger partial charge is 0.349 e. The third-order valence-electron chi connectivity index (χ3n) is 7.81. The van der Waals surface area contributed by atoms with Crippen LogP contribution in [0.4, 0.5) is 0 Å². The Kier molecular flexibility index (Phi) is 6.94. The van der Waals surface area contributed by atoms with E-state index in [2.05, 4.69) is 22.3 Å². The molecule has 1 N–H and O–H groups in total. The maximum absolute atomic E-state index is 12.8. The number of rotatable bonds is 8. The Bertz CT molecular complexity index is 998. The number of benzene rings is 2. The topological polar surface area (TPSA) is 52.7 Å². The van der Waals surface area contributed by atoms with Crippen LogP contribution in [0.2, 0.25) is 5.02 Å². The third-order valence-corrected chi connectivity index (χ3v) is 8.06. The first-order valence-electron chi connectivity index (χ1n) is 12.6. The molecule has 0 bridgehead atoms. The van der Waals surface area contributed by atoms with Gasteiger partial charge in [0.1, 0.15) is 0 Å². The van der Waals surface area contributed by atoms with Crippen molar-refractivity contribution in [3.63, 3.8) is 0 Å². The molecule has 3 fully saturated rings. The van der Waals surface area contributed by atoms with E-state index in [4.69, 9.17) is 11.6 Å². The Hall–Kier alpha value is -2.37. The average molecular weight is 480 g/mol. The number of hydrogen-bond donors (Lipinski definition) is 1. The van der Waals surface area contributed by atoms with E-state index in [1.807, 2.05) is 47.4 Å². The summed E-state index contributed by atoms with van der Waals surface area (Å²) in [4.78, 5) is 29.8. The van der Waals surface area contributed by atoms with Gasteiger partial charge in [0.25, 0.3) is 0 Å². The van der Waals surface area contributed by atoms with E-state index < -0.39 is 0 Å². The highest BCUT2D eigenvalue weighted by molar-refractivity contribution is 6.30. The molecule has 2 aromatic carbocycles. The summed E-state index contributed by atoms with van der Waals surface area (Å²) < 4.78 is 0. The SMILES string of the molecule is O=C(N[C@@H](CCN1CCC2(CC1)CC(=O)N(Cc1ccc(Cl)cc1)C2)c1ccccc1)C1CC1. The van der Waals surface area contributed by atoms with Crippen molar-refractivity contribution in [1.82, 2.24) is 15.1 Å². The van der Waals surface area contributed by atoms with Crippen molar-refractivity contribution < 1.29 is 9.59 Å². The van der Waals surface area contributed by atoms with Crippen LogP contribution in [0.3, 0.4) is 0 Å². The number of halogens is 1. The van der Waals surface area contributed by atoms with Gasteiger partial charge in [-0.1, -0.05) is 54.1 Å². The average Bonchev–Trinajstić information content (AvgIpc) is 3.66. The number of piperidine rings is 1. The maximum atomic E-state index is 12.8. The molecule has 0 unspecified atom stereocenters. The van der Waals surface area contributed by atoms with Gasteiger partial charge in [0.15, 0.2) is 0 Å². The third kappa shape index (κ3) is 5.64. The molecule has 6 heteroatoms. The van der Waals surface area contributed by atoms with E-state index in [1.54, 1.807) is 0 Å². The number of carbonyl (C=O) groups excluding carboxylic acids is 2. The second kappa shape index (κ2) is 10.1. The summed E-state index contributed by atoms with van der Waals surface area (Å²) in [6, 6.07) is 18.2. The number of amides is 2. The van der Waals surface area contributed by atoms with E-state index in [9.17, 15) is 9.59 Å². The van der Waals surface area contributed by atoms with Gasteiger partial charge >= 0.3 is 0 Å². The fourth-order valence-electron chi connectivity index (χ4n) is 5.48. The lowest BCUT2D eigenvalue weighted by molar-refractivity contribution is -0.128. The molecular weight excluding hydrogens is 446 g/mol. The van der Waals surface area contributed by atoms with E-state index >= 15 is 0 Å². The van der Waals surface area contributed by atoms with Crippen molar-refractivity contribution in [2.75, 3.05) is 26.2 Å². The van der Waals surface area contributed by atoms with Gasteiger partial charge in [-0.15, -0.1) is 0 Å². The molecule has 2 aromatic rings. The zero-order valence-electron chi connectivity index (χ0n) is 19.7. The molecule has 0 radical (unpaired) electrons. The Labute approximate surface area is 207 Å². The van der Waals surface area contributed by atoms with Crippen LogP contribution in [-0.2, 0) is 16.1 Å². The molecule has 5 nitrogen and oxygen atoms in total. The van der Waals surface area contributed by atoms with Crippen LogP contribution in [0.25, 0.3) is 0 Å². The summed E-state index contributed by atoms with van der Waals surface area (Å²) in [5.74, 6) is 0.698. The lowest BCUT2D eigenvalue weighted by atomic mass is 9.77. The van der Waals surface area contributed by atoms with E-state index in [0.717, 1.165) is 68.9 Å². The number of nitrogens with zero attached hydrogens (tertiary/aromatic N) is 2. The van der Waals surface area contributed by atoms with Crippen LogP contribution in [-0.4, -0.2) is 47.8 Å². The molecule has 180 valence electrons. The lowest BCUT2D eigenvalue weighted by Gasteiger charge is -2.39. The maximum Gasteiger partial charge on any atom is 0.223 e. The van der Waals surface area contributed by atoms with Crippen LogP contribution >= 0.6 is 11.6 Å². The number of carbonyl (C=O) groups is 2. The second-order valence-corrected chi connectivity index (χ2v) is 10.9. The zero-order valence-corrected chi connectivity index (χ0v) is 20.5. The summed E-state index contributed by atoms with van der Waals surface area (Å²) >= 11 is 6.00. The summed E-state index contributed by atoms with van der Waals surface area (Å²) in [5, 5.41) is 4.02. The summed E-state index contributed by atoms with van der Waals surface area (Å²) in [6.45, 7) is 4.51. The molecule has 1 atom stereocenters. The Morgan fingerprint density at radius 2 is 1.76 bits per heavy atom. The van der Waals surface area contributed by atoms with E-state index in [1.165, 1.54) is 5.56 Å². The molecular formula is C28H34ClN3O2. The second-order valence-electron chi connectivity index (χ2n) is 10.4. The Morgan fingerprint density at radius 3 is 2.44 bits per heavy atom. The van der Waals surface area contributed by atoms with Crippen LogP contribution in [0.15, 0.2) is 54.6 Å². The van der Waals surface area contributed by atoms with Gasteiger partial charge in [0.05, 0.1) is 6.04 Å². The van der Waals surface area contributed by atoms with Crippen molar-refractivity contribution in [2.45, 2.75) is 51.1 Å². The van der Waals surface area contributed by atoms with Crippen molar-refractivity contribution in [3.05, 3.63) is 70.7 Å². The van der Waals surface area contributed by atoms with Gasteiger partial charge < -0.3 is 15.1 Å². The normalized spacial score (nSPS) is 21.1. The molecule has 3 aliphatic rings. The van der Waals surface area contributed by atoms with Gasteiger partial charge in [0, 0.05) is 37.0 Å². The van der Waals surface area contributed by atoms with Gasteiger partial charge in [-0.05, 0) is 73.9 Å². The lowest BCUT2D eigenvalue weighted by Crippen LogP contribution is -2.42. The molecule has 1 spiro atoms. The predicted octanol–water partition coefficient (Wildman–Crippen LogP) is 4.81. The van der Waals surface area contributed by atoms with Crippen LogP contribution in [0.1, 0.15) is 55.7 Å². The molecule has 0 aromatic heterocycles. The van der Waals surface area contributed by atoms with Crippen molar-refractivity contribution in [2.24, 2.45) is 11.3 Å². The first-order chi connectivity index (χ1) is 16.5. The number of likely N-dealkylation sites (tertiary alicyclic amines) is 2. The fraction of sp³-hybridized carbons (Fsp3) is 0.500. The monoisotopic (exact) mass is 479 g/mol. The van der Waals surface area contributed by atoms with Crippen molar-refractivity contribution in [3.8, 4) is 0 Å². The molecule has 1 saturated carbocycles. The molecule has 34 heavy (non-hydrogen) atoms. The highest BCUT2D eigenvalue weighted by Gasteiger charge is 2.44. The minimum atomic E-state index is 0.0631. The first-order valence-corrected chi connectivity index (χ1v) is 13.0. The van der Waals surface area contributed by atoms with Gasteiger partial charge in [-0.2, -0.15) is 0 Å². The highest BCUT2D eigenvalue weighted by atomic mass is 35.5. The smallest absolute Gasteiger partial charge is 0.223 e. The summed E-state index contributed by atoms with van der Waals surface area (Å²) in [7, 11) is 0. The molecule has 2 aliphatic heterocycles. The summed E-state index contributed by atoms with van der Waals surface area (Å²) in [5.41, 5.74) is 2.43. The van der Waals surface area contributed by atoms with Crippen LogP contribution in [0.5, 0.6) is 0 Å². The number of hydrogen-bond acceptors (Lipinski definition) is 3. The molecule has 2 heterocycles. The Balaban J connectivity index is 1.13. The van der Waals surface area contributed by atoms with Gasteiger partial charge in [-0.25, -0.2) is 0 Å². The van der Waals surface area contributed by atoms with Gasteiger partial charge in [0.2, 0.25) is 11.8 Å². The fourth-order valence-corrected chi connectivity index (χ4v) is 5.60. The molecule has 2 amide bonds. The Morgan fingerprint density at radius 1 is 1.06 bits per heavy atom. The van der Waals surface area contributed by atoms with E-state index in [0.29, 0.717) is 13.0 Å².